The minimum Gasteiger partial charge on any atom is -0.378 e. The molecule has 1 atom stereocenters. The molecule has 0 radical (unpaired) electrons. The molecule has 1 fully saturated rings. The fraction of sp³-hybridized carbons (Fsp3) is 0.526. The van der Waals surface area contributed by atoms with E-state index in [1.165, 1.54) is 31.9 Å². The van der Waals surface area contributed by atoms with Crippen LogP contribution in [0.5, 0.6) is 0 Å². The second-order valence-electron chi connectivity index (χ2n) is 6.52. The Balaban J connectivity index is 1.59. The van der Waals surface area contributed by atoms with Crippen LogP contribution in [-0.4, -0.2) is 35.1 Å². The summed E-state index contributed by atoms with van der Waals surface area (Å²) in [5, 5.41) is 3.41. The van der Waals surface area contributed by atoms with Crippen molar-refractivity contribution >= 4 is 16.8 Å². The van der Waals surface area contributed by atoms with Gasteiger partial charge >= 0.3 is 0 Å². The van der Waals surface area contributed by atoms with Crippen LogP contribution in [0, 0.1) is 5.92 Å². The van der Waals surface area contributed by atoms with Crippen molar-refractivity contribution in [1.82, 2.24) is 15.3 Å². The lowest BCUT2D eigenvalue weighted by molar-refractivity contribution is 0.0163. The molecule has 2 aromatic heterocycles. The van der Waals surface area contributed by atoms with E-state index >= 15 is 0 Å². The Morgan fingerprint density at radius 3 is 2.92 bits per heavy atom. The summed E-state index contributed by atoms with van der Waals surface area (Å²) in [6.45, 7) is 3.28. The van der Waals surface area contributed by atoms with Crippen molar-refractivity contribution in [2.45, 2.75) is 45.1 Å². The van der Waals surface area contributed by atoms with E-state index in [0.29, 0.717) is 35.7 Å². The number of amides is 1. The van der Waals surface area contributed by atoms with Crippen LogP contribution < -0.4 is 10.9 Å². The third kappa shape index (κ3) is 4.25. The number of nitrogens with zero attached hydrogens (tertiary/aromatic N) is 1. The van der Waals surface area contributed by atoms with E-state index in [-0.39, 0.29) is 17.6 Å². The van der Waals surface area contributed by atoms with Gasteiger partial charge in [-0.3, -0.25) is 9.59 Å². The Kier molecular flexibility index (Phi) is 5.81. The van der Waals surface area contributed by atoms with Crippen LogP contribution in [0.15, 0.2) is 29.2 Å². The van der Waals surface area contributed by atoms with Gasteiger partial charge < -0.3 is 15.0 Å². The minimum atomic E-state index is -0.219. The molecule has 1 amide bonds. The first kappa shape index (κ1) is 17.6. The molecule has 2 heterocycles. The van der Waals surface area contributed by atoms with Crippen LogP contribution in [0.3, 0.4) is 0 Å². The van der Waals surface area contributed by atoms with Crippen LogP contribution in [0.25, 0.3) is 10.9 Å². The maximum absolute atomic E-state index is 12.3. The predicted molar refractivity (Wildman–Crippen MR) is 96.7 cm³/mol. The van der Waals surface area contributed by atoms with Crippen LogP contribution in [0.1, 0.15) is 49.5 Å². The number of aromatic amines is 1. The standard InChI is InChI=1S/C19H25N3O3/c1-2-25-17(13-5-3-4-6-13)10-12-21-19(24)16-8-7-14-15(22-16)9-11-20-18(14)23/h7-9,11,13,17H,2-6,10,12H2,1H3,(H,20,23)(H,21,24). The van der Waals surface area contributed by atoms with Gasteiger partial charge in [0.2, 0.25) is 0 Å². The highest BCUT2D eigenvalue weighted by molar-refractivity contribution is 5.94. The second kappa shape index (κ2) is 8.25. The zero-order valence-corrected chi connectivity index (χ0v) is 14.6. The molecule has 2 aromatic rings. The quantitative estimate of drug-likeness (QED) is 0.809. The topological polar surface area (TPSA) is 84.1 Å². The van der Waals surface area contributed by atoms with Gasteiger partial charge in [-0.05, 0) is 50.3 Å². The summed E-state index contributed by atoms with van der Waals surface area (Å²) in [7, 11) is 0. The van der Waals surface area contributed by atoms with E-state index in [1.807, 2.05) is 6.92 Å². The Morgan fingerprint density at radius 2 is 2.16 bits per heavy atom. The molecule has 1 unspecified atom stereocenters. The Bertz CT molecular complexity index is 781. The van der Waals surface area contributed by atoms with Gasteiger partial charge in [0.05, 0.1) is 17.0 Å². The van der Waals surface area contributed by atoms with Gasteiger partial charge in [0.15, 0.2) is 0 Å². The van der Waals surface area contributed by atoms with E-state index < -0.39 is 0 Å². The number of aromatic nitrogens is 2. The lowest BCUT2D eigenvalue weighted by atomic mass is 9.98. The Labute approximate surface area is 147 Å². The average molecular weight is 343 g/mol. The summed E-state index contributed by atoms with van der Waals surface area (Å²) in [5.41, 5.74) is 0.648. The van der Waals surface area contributed by atoms with Gasteiger partial charge in [-0.2, -0.15) is 0 Å². The molecule has 1 aliphatic carbocycles. The lowest BCUT2D eigenvalue weighted by Gasteiger charge is -2.23. The highest BCUT2D eigenvalue weighted by atomic mass is 16.5. The molecule has 0 saturated heterocycles. The SMILES string of the molecule is CCOC(CCNC(=O)c1ccc2c(=O)[nH]ccc2n1)C1CCCC1. The van der Waals surface area contributed by atoms with Crippen molar-refractivity contribution in [3.05, 3.63) is 40.4 Å². The van der Waals surface area contributed by atoms with E-state index in [1.54, 1.807) is 18.2 Å². The summed E-state index contributed by atoms with van der Waals surface area (Å²) in [6.07, 6.45) is 7.57. The van der Waals surface area contributed by atoms with Crippen molar-refractivity contribution in [2.24, 2.45) is 5.92 Å². The molecule has 0 aliphatic heterocycles. The van der Waals surface area contributed by atoms with Crippen molar-refractivity contribution < 1.29 is 9.53 Å². The number of fused-ring (bicyclic) bond motifs is 1. The summed E-state index contributed by atoms with van der Waals surface area (Å²) in [6, 6.07) is 4.92. The molecule has 1 aliphatic rings. The monoisotopic (exact) mass is 343 g/mol. The van der Waals surface area contributed by atoms with Crippen LogP contribution in [0.2, 0.25) is 0 Å². The third-order valence-electron chi connectivity index (χ3n) is 4.88. The number of pyridine rings is 2. The van der Waals surface area contributed by atoms with Crippen molar-refractivity contribution in [1.29, 1.82) is 0 Å². The first-order valence-electron chi connectivity index (χ1n) is 9.07. The molecule has 0 aromatic carbocycles. The summed E-state index contributed by atoms with van der Waals surface area (Å²) in [4.78, 5) is 30.9. The van der Waals surface area contributed by atoms with Crippen molar-refractivity contribution in [3.63, 3.8) is 0 Å². The van der Waals surface area contributed by atoms with Crippen LogP contribution >= 0.6 is 0 Å². The maximum atomic E-state index is 12.3. The minimum absolute atomic E-state index is 0.201. The number of rotatable bonds is 7. The fourth-order valence-electron chi connectivity index (χ4n) is 3.61. The lowest BCUT2D eigenvalue weighted by Crippen LogP contribution is -2.31. The van der Waals surface area contributed by atoms with E-state index in [2.05, 4.69) is 15.3 Å². The van der Waals surface area contributed by atoms with Crippen molar-refractivity contribution in [2.75, 3.05) is 13.2 Å². The summed E-state index contributed by atoms with van der Waals surface area (Å²) < 4.78 is 5.88. The molecular weight excluding hydrogens is 318 g/mol. The van der Waals surface area contributed by atoms with Gasteiger partial charge in [-0.1, -0.05) is 12.8 Å². The largest absolute Gasteiger partial charge is 0.378 e. The highest BCUT2D eigenvalue weighted by Crippen LogP contribution is 2.30. The number of H-pyrrole nitrogens is 1. The van der Waals surface area contributed by atoms with Crippen LogP contribution in [-0.2, 0) is 4.74 Å². The molecule has 2 N–H and O–H groups in total. The zero-order chi connectivity index (χ0) is 17.6. The predicted octanol–water partition coefficient (Wildman–Crippen LogP) is 2.64. The summed E-state index contributed by atoms with van der Waals surface area (Å²) >= 11 is 0. The van der Waals surface area contributed by atoms with Crippen molar-refractivity contribution in [3.8, 4) is 0 Å². The highest BCUT2D eigenvalue weighted by Gasteiger charge is 2.25. The fourth-order valence-corrected chi connectivity index (χ4v) is 3.61. The van der Waals surface area contributed by atoms with Gasteiger partial charge in [0.1, 0.15) is 5.69 Å². The first-order valence-corrected chi connectivity index (χ1v) is 9.07. The number of hydrogen-bond acceptors (Lipinski definition) is 4. The maximum Gasteiger partial charge on any atom is 0.269 e. The molecule has 1 saturated carbocycles. The smallest absolute Gasteiger partial charge is 0.269 e. The van der Waals surface area contributed by atoms with E-state index in [0.717, 1.165) is 6.42 Å². The van der Waals surface area contributed by atoms with Gasteiger partial charge in [0, 0.05) is 19.3 Å². The van der Waals surface area contributed by atoms with Crippen LogP contribution in [0.4, 0.5) is 0 Å². The van der Waals surface area contributed by atoms with E-state index in [9.17, 15) is 9.59 Å². The zero-order valence-electron chi connectivity index (χ0n) is 14.6. The molecule has 134 valence electrons. The number of carbonyl (C=O) groups is 1. The molecule has 0 bridgehead atoms. The normalized spacial score (nSPS) is 16.2. The van der Waals surface area contributed by atoms with E-state index in [4.69, 9.17) is 4.74 Å². The Hall–Kier alpha value is -2.21. The number of ether oxygens (including phenoxy) is 1. The molecule has 0 spiro atoms. The summed E-state index contributed by atoms with van der Waals surface area (Å²) in [5.74, 6) is 0.395. The van der Waals surface area contributed by atoms with Gasteiger partial charge in [-0.25, -0.2) is 4.98 Å². The first-order chi connectivity index (χ1) is 12.2. The molecular formula is C19H25N3O3. The third-order valence-corrected chi connectivity index (χ3v) is 4.88. The molecule has 25 heavy (non-hydrogen) atoms. The average Bonchev–Trinajstić information content (AvgIpc) is 3.15. The van der Waals surface area contributed by atoms with Gasteiger partial charge in [0.25, 0.3) is 11.5 Å². The number of carbonyl (C=O) groups excluding carboxylic acids is 1. The second-order valence-corrected chi connectivity index (χ2v) is 6.52. The molecule has 3 rings (SSSR count). The molecule has 6 heteroatoms. The Morgan fingerprint density at radius 1 is 1.36 bits per heavy atom. The van der Waals surface area contributed by atoms with Gasteiger partial charge in [-0.15, -0.1) is 0 Å². The number of hydrogen-bond donors (Lipinski definition) is 2. The molecule has 6 nitrogen and oxygen atoms in total. The number of nitrogens with one attached hydrogen (secondary N) is 2.